The zero-order chi connectivity index (χ0) is 21.3. The molecule has 0 amide bonds. The summed E-state index contributed by atoms with van der Waals surface area (Å²) in [4.78, 5) is 22.4. The molecule has 0 bridgehead atoms. The van der Waals surface area contributed by atoms with Crippen LogP contribution in [-0.4, -0.2) is 15.8 Å². The summed E-state index contributed by atoms with van der Waals surface area (Å²) in [5, 5.41) is 6.67. The Bertz CT molecular complexity index is 1090. The lowest BCUT2D eigenvalue weighted by molar-refractivity contribution is 0.0911. The van der Waals surface area contributed by atoms with E-state index in [2.05, 4.69) is 43.5 Å². The summed E-state index contributed by atoms with van der Waals surface area (Å²) < 4.78 is 0. The highest BCUT2D eigenvalue weighted by Gasteiger charge is 2.35. The maximum absolute atomic E-state index is 13.0. The molecule has 1 aliphatic carbocycles. The van der Waals surface area contributed by atoms with Gasteiger partial charge in [0, 0.05) is 17.8 Å². The van der Waals surface area contributed by atoms with Crippen LogP contribution < -0.4 is 10.6 Å². The van der Waals surface area contributed by atoms with Gasteiger partial charge in [-0.3, -0.25) is 4.79 Å². The lowest BCUT2D eigenvalue weighted by Crippen LogP contribution is -2.29. The van der Waals surface area contributed by atoms with Gasteiger partial charge in [0.05, 0.1) is 11.3 Å². The third-order valence-electron chi connectivity index (χ3n) is 5.45. The molecule has 5 nitrogen and oxygen atoms in total. The molecule has 0 radical (unpaired) electrons. The predicted octanol–water partition coefficient (Wildman–Crippen LogP) is 5.99. The van der Waals surface area contributed by atoms with E-state index in [4.69, 9.17) is 9.97 Å². The Kier molecular flexibility index (Phi) is 5.29. The standard InChI is InChI=1S/C25H28N4O/c1-5-17-9-11-18(12-10-17)27-24-28-20-14-25(3,4)15-21(30)22(20)23(29-24)26-19-8-6-7-16(2)13-19/h6-13H,5,14-15H2,1-4H3,(H2,26,27,28,29). The molecule has 0 saturated heterocycles. The van der Waals surface area contributed by atoms with E-state index in [0.29, 0.717) is 23.8 Å². The number of nitrogens with zero attached hydrogens (tertiary/aromatic N) is 2. The zero-order valence-corrected chi connectivity index (χ0v) is 18.0. The summed E-state index contributed by atoms with van der Waals surface area (Å²) in [6, 6.07) is 16.3. The first kappa shape index (κ1) is 20.1. The SMILES string of the molecule is CCc1ccc(Nc2nc3c(c(Nc4cccc(C)c4)n2)C(=O)CC(C)(C)C3)cc1. The number of nitrogens with one attached hydrogen (secondary N) is 2. The van der Waals surface area contributed by atoms with Crippen molar-refractivity contribution in [2.24, 2.45) is 5.41 Å². The molecule has 2 aromatic carbocycles. The molecule has 1 aliphatic rings. The number of hydrogen-bond acceptors (Lipinski definition) is 5. The average Bonchev–Trinajstić information content (AvgIpc) is 2.67. The molecular formula is C25H28N4O. The number of fused-ring (bicyclic) bond motifs is 1. The smallest absolute Gasteiger partial charge is 0.229 e. The molecule has 30 heavy (non-hydrogen) atoms. The molecule has 4 rings (SSSR count). The van der Waals surface area contributed by atoms with E-state index in [1.54, 1.807) is 0 Å². The van der Waals surface area contributed by atoms with Gasteiger partial charge in [0.25, 0.3) is 0 Å². The fourth-order valence-electron chi connectivity index (χ4n) is 3.93. The number of aromatic nitrogens is 2. The number of ketones is 1. The minimum absolute atomic E-state index is 0.0928. The molecule has 0 aliphatic heterocycles. The Hall–Kier alpha value is -3.21. The second-order valence-electron chi connectivity index (χ2n) is 8.83. The van der Waals surface area contributed by atoms with Crippen molar-refractivity contribution in [2.45, 2.75) is 47.0 Å². The minimum Gasteiger partial charge on any atom is -0.339 e. The van der Waals surface area contributed by atoms with Crippen LogP contribution >= 0.6 is 0 Å². The van der Waals surface area contributed by atoms with Crippen LogP contribution in [0.2, 0.25) is 0 Å². The second-order valence-corrected chi connectivity index (χ2v) is 8.83. The molecule has 0 saturated carbocycles. The molecule has 154 valence electrons. The molecular weight excluding hydrogens is 372 g/mol. The van der Waals surface area contributed by atoms with E-state index in [1.165, 1.54) is 5.56 Å². The number of carbonyl (C=O) groups is 1. The lowest BCUT2D eigenvalue weighted by atomic mass is 9.75. The first-order valence-electron chi connectivity index (χ1n) is 10.5. The van der Waals surface area contributed by atoms with Gasteiger partial charge in [0.1, 0.15) is 5.82 Å². The highest BCUT2D eigenvalue weighted by atomic mass is 16.1. The van der Waals surface area contributed by atoms with Crippen LogP contribution in [-0.2, 0) is 12.8 Å². The van der Waals surface area contributed by atoms with Gasteiger partial charge < -0.3 is 10.6 Å². The number of Topliss-reactive ketones (excluding diaryl/α,β-unsaturated/α-hetero) is 1. The summed E-state index contributed by atoms with van der Waals surface area (Å²) in [6.07, 6.45) is 2.23. The van der Waals surface area contributed by atoms with Gasteiger partial charge in [-0.1, -0.05) is 45.0 Å². The maximum atomic E-state index is 13.0. The number of aryl methyl sites for hydroxylation is 2. The lowest BCUT2D eigenvalue weighted by Gasteiger charge is -2.30. The van der Waals surface area contributed by atoms with Gasteiger partial charge in [-0.25, -0.2) is 4.98 Å². The van der Waals surface area contributed by atoms with Crippen LogP contribution in [0.5, 0.6) is 0 Å². The number of rotatable bonds is 5. The minimum atomic E-state index is -0.112. The van der Waals surface area contributed by atoms with Crippen molar-refractivity contribution in [2.75, 3.05) is 10.6 Å². The number of benzene rings is 2. The Labute approximate surface area is 178 Å². The van der Waals surface area contributed by atoms with E-state index in [-0.39, 0.29) is 11.2 Å². The van der Waals surface area contributed by atoms with Crippen LogP contribution in [0.15, 0.2) is 48.5 Å². The molecule has 2 N–H and O–H groups in total. The highest BCUT2D eigenvalue weighted by Crippen LogP contribution is 2.37. The van der Waals surface area contributed by atoms with Crippen molar-refractivity contribution in [3.63, 3.8) is 0 Å². The molecule has 0 fully saturated rings. The third-order valence-corrected chi connectivity index (χ3v) is 5.45. The Balaban J connectivity index is 1.74. The van der Waals surface area contributed by atoms with Crippen molar-refractivity contribution < 1.29 is 4.79 Å². The van der Waals surface area contributed by atoms with Crippen molar-refractivity contribution in [1.82, 2.24) is 9.97 Å². The predicted molar refractivity (Wildman–Crippen MR) is 122 cm³/mol. The van der Waals surface area contributed by atoms with Crippen LogP contribution in [0.1, 0.15) is 54.4 Å². The van der Waals surface area contributed by atoms with Gasteiger partial charge in [-0.15, -0.1) is 0 Å². The van der Waals surface area contributed by atoms with E-state index in [1.807, 2.05) is 43.3 Å². The zero-order valence-electron chi connectivity index (χ0n) is 18.0. The van der Waals surface area contributed by atoms with Crippen molar-refractivity contribution in [1.29, 1.82) is 0 Å². The molecule has 0 atom stereocenters. The van der Waals surface area contributed by atoms with Gasteiger partial charge in [0.2, 0.25) is 5.95 Å². The third kappa shape index (κ3) is 4.35. The molecule has 0 spiro atoms. The van der Waals surface area contributed by atoms with Crippen LogP contribution in [0.25, 0.3) is 0 Å². The topological polar surface area (TPSA) is 66.9 Å². The number of hydrogen-bond donors (Lipinski definition) is 2. The summed E-state index contributed by atoms with van der Waals surface area (Å²) in [7, 11) is 0. The largest absolute Gasteiger partial charge is 0.339 e. The summed E-state index contributed by atoms with van der Waals surface area (Å²) >= 11 is 0. The Morgan fingerprint density at radius 1 is 0.967 bits per heavy atom. The highest BCUT2D eigenvalue weighted by molar-refractivity contribution is 6.03. The molecule has 5 heteroatoms. The monoisotopic (exact) mass is 400 g/mol. The number of carbonyl (C=O) groups excluding carboxylic acids is 1. The summed E-state index contributed by atoms with van der Waals surface area (Å²) in [5.41, 5.74) is 5.56. The van der Waals surface area contributed by atoms with E-state index >= 15 is 0 Å². The van der Waals surface area contributed by atoms with E-state index in [0.717, 1.165) is 35.5 Å². The first-order valence-corrected chi connectivity index (χ1v) is 10.5. The van der Waals surface area contributed by atoms with Gasteiger partial charge in [0.15, 0.2) is 5.78 Å². The normalized spacial score (nSPS) is 14.9. The molecule has 0 unspecified atom stereocenters. The summed E-state index contributed by atoms with van der Waals surface area (Å²) in [6.45, 7) is 8.40. The quantitative estimate of drug-likeness (QED) is 0.551. The second kappa shape index (κ2) is 7.90. The molecule has 1 aromatic heterocycles. The first-order chi connectivity index (χ1) is 14.3. The van der Waals surface area contributed by atoms with Gasteiger partial charge in [-0.2, -0.15) is 4.98 Å². The maximum Gasteiger partial charge on any atom is 0.229 e. The fraction of sp³-hybridized carbons (Fsp3) is 0.320. The Morgan fingerprint density at radius 3 is 2.43 bits per heavy atom. The van der Waals surface area contributed by atoms with Gasteiger partial charge in [-0.05, 0) is 60.6 Å². The number of anilines is 4. The fourth-order valence-corrected chi connectivity index (χ4v) is 3.93. The molecule has 3 aromatic rings. The van der Waals surface area contributed by atoms with Crippen molar-refractivity contribution in [3.05, 3.63) is 70.9 Å². The van der Waals surface area contributed by atoms with E-state index in [9.17, 15) is 4.79 Å². The van der Waals surface area contributed by atoms with Crippen LogP contribution in [0.4, 0.5) is 23.1 Å². The summed E-state index contributed by atoms with van der Waals surface area (Å²) in [5.74, 6) is 1.16. The van der Waals surface area contributed by atoms with Crippen molar-refractivity contribution >= 4 is 28.9 Å². The van der Waals surface area contributed by atoms with Crippen molar-refractivity contribution in [3.8, 4) is 0 Å². The Morgan fingerprint density at radius 2 is 1.73 bits per heavy atom. The van der Waals surface area contributed by atoms with Gasteiger partial charge >= 0.3 is 0 Å². The average molecular weight is 401 g/mol. The van der Waals surface area contributed by atoms with Crippen LogP contribution in [0.3, 0.4) is 0 Å². The van der Waals surface area contributed by atoms with E-state index < -0.39 is 0 Å². The molecule has 1 heterocycles. The van der Waals surface area contributed by atoms with Crippen LogP contribution in [0, 0.1) is 12.3 Å².